The quantitative estimate of drug-likeness (QED) is 0.822. The minimum Gasteiger partial charge on any atom is -0.496 e. The largest absolute Gasteiger partial charge is 0.496 e. The molecule has 1 unspecified atom stereocenters. The Bertz CT molecular complexity index is 368. The summed E-state index contributed by atoms with van der Waals surface area (Å²) in [5.41, 5.74) is 4.71. The van der Waals surface area contributed by atoms with Crippen molar-refractivity contribution < 1.29 is 14.2 Å². The number of aliphatic hydroxyl groups is 1. The molecule has 0 spiro atoms. The molecule has 1 rings (SSSR count). The summed E-state index contributed by atoms with van der Waals surface area (Å²) in [7, 11) is 1.48. The van der Waals surface area contributed by atoms with Gasteiger partial charge in [-0.25, -0.2) is 4.39 Å². The normalized spacial score (nSPS) is 14.9. The Hall–Kier alpha value is -1.13. The lowest BCUT2D eigenvalue weighted by molar-refractivity contribution is -0.00340. The summed E-state index contributed by atoms with van der Waals surface area (Å²) < 4.78 is 18.3. The van der Waals surface area contributed by atoms with E-state index in [4.69, 9.17) is 10.5 Å². The van der Waals surface area contributed by atoms with Gasteiger partial charge in [0.1, 0.15) is 17.2 Å². The van der Waals surface area contributed by atoms with Crippen molar-refractivity contribution in [1.29, 1.82) is 0 Å². The van der Waals surface area contributed by atoms with Crippen LogP contribution in [0.5, 0.6) is 5.75 Å². The third-order valence-corrected chi connectivity index (χ3v) is 2.89. The number of rotatable bonds is 4. The lowest BCUT2D eigenvalue weighted by Crippen LogP contribution is -2.40. The molecule has 4 heteroatoms. The fourth-order valence-corrected chi connectivity index (χ4v) is 1.68. The van der Waals surface area contributed by atoms with E-state index >= 15 is 0 Å². The van der Waals surface area contributed by atoms with Gasteiger partial charge in [-0.05, 0) is 24.1 Å². The van der Waals surface area contributed by atoms with Crippen LogP contribution in [0.4, 0.5) is 4.39 Å². The summed E-state index contributed by atoms with van der Waals surface area (Å²) in [5.74, 6) is -0.0976. The molecule has 0 heterocycles. The van der Waals surface area contributed by atoms with Gasteiger partial charge in [0.15, 0.2) is 0 Å². The molecule has 3 nitrogen and oxygen atoms in total. The Labute approximate surface area is 95.0 Å². The van der Waals surface area contributed by atoms with Crippen molar-refractivity contribution in [2.24, 2.45) is 11.7 Å². The predicted molar refractivity (Wildman–Crippen MR) is 60.7 cm³/mol. The second-order valence-electron chi connectivity index (χ2n) is 4.13. The van der Waals surface area contributed by atoms with Crippen LogP contribution in [0.1, 0.15) is 19.4 Å². The van der Waals surface area contributed by atoms with Crippen LogP contribution in [-0.2, 0) is 5.60 Å². The van der Waals surface area contributed by atoms with Crippen LogP contribution in [0.3, 0.4) is 0 Å². The maximum Gasteiger partial charge on any atom is 0.125 e. The highest BCUT2D eigenvalue weighted by atomic mass is 19.1. The van der Waals surface area contributed by atoms with Gasteiger partial charge in [0, 0.05) is 12.1 Å². The van der Waals surface area contributed by atoms with E-state index in [1.54, 1.807) is 0 Å². The van der Waals surface area contributed by atoms with E-state index in [-0.39, 0.29) is 12.5 Å². The van der Waals surface area contributed by atoms with Crippen molar-refractivity contribution in [2.45, 2.75) is 19.4 Å². The molecule has 0 aliphatic heterocycles. The van der Waals surface area contributed by atoms with Gasteiger partial charge in [0.2, 0.25) is 0 Å². The van der Waals surface area contributed by atoms with Crippen molar-refractivity contribution in [3.05, 3.63) is 29.6 Å². The number of hydrogen-bond acceptors (Lipinski definition) is 3. The molecule has 0 aliphatic rings. The van der Waals surface area contributed by atoms with Crippen molar-refractivity contribution in [3.63, 3.8) is 0 Å². The van der Waals surface area contributed by atoms with Crippen LogP contribution in [0.25, 0.3) is 0 Å². The maximum atomic E-state index is 13.2. The molecule has 0 fully saturated rings. The molecule has 1 aromatic rings. The minimum absolute atomic E-state index is 0.0183. The summed E-state index contributed by atoms with van der Waals surface area (Å²) in [6, 6.07) is 4.05. The zero-order valence-electron chi connectivity index (χ0n) is 9.83. The van der Waals surface area contributed by atoms with Crippen LogP contribution in [0.15, 0.2) is 18.2 Å². The van der Waals surface area contributed by atoms with E-state index in [0.717, 1.165) is 0 Å². The highest BCUT2D eigenvalue weighted by Crippen LogP contribution is 2.35. The van der Waals surface area contributed by atoms with Gasteiger partial charge in [-0.15, -0.1) is 0 Å². The standard InChI is InChI=1S/C12H18FNO2/c1-8(2)12(15,7-14)10-6-9(13)4-5-11(10)16-3/h4-6,8,15H,7,14H2,1-3H3. The zero-order valence-corrected chi connectivity index (χ0v) is 9.83. The zero-order chi connectivity index (χ0) is 12.3. The molecule has 3 N–H and O–H groups in total. The van der Waals surface area contributed by atoms with E-state index in [2.05, 4.69) is 0 Å². The predicted octanol–water partition coefficient (Wildman–Crippen LogP) is 1.64. The lowest BCUT2D eigenvalue weighted by atomic mass is 9.83. The van der Waals surface area contributed by atoms with Gasteiger partial charge in [-0.3, -0.25) is 0 Å². The summed E-state index contributed by atoms with van der Waals surface area (Å²) in [4.78, 5) is 0. The van der Waals surface area contributed by atoms with Gasteiger partial charge in [-0.2, -0.15) is 0 Å². The molecule has 90 valence electrons. The van der Waals surface area contributed by atoms with Crippen molar-refractivity contribution in [1.82, 2.24) is 0 Å². The molecule has 1 aromatic carbocycles. The van der Waals surface area contributed by atoms with Crippen LogP contribution >= 0.6 is 0 Å². The number of nitrogens with two attached hydrogens (primary N) is 1. The van der Waals surface area contributed by atoms with Crippen LogP contribution in [0, 0.1) is 11.7 Å². The SMILES string of the molecule is COc1ccc(F)cc1C(O)(CN)C(C)C. The summed E-state index contributed by atoms with van der Waals surface area (Å²) in [5, 5.41) is 10.4. The Morgan fingerprint density at radius 2 is 2.12 bits per heavy atom. The van der Waals surface area contributed by atoms with Gasteiger partial charge in [-0.1, -0.05) is 13.8 Å². The first kappa shape index (κ1) is 12.9. The fourth-order valence-electron chi connectivity index (χ4n) is 1.68. The summed E-state index contributed by atoms with van der Waals surface area (Å²) >= 11 is 0. The first-order valence-corrected chi connectivity index (χ1v) is 5.22. The number of benzene rings is 1. The Morgan fingerprint density at radius 3 is 2.56 bits per heavy atom. The Kier molecular flexibility index (Phi) is 3.88. The molecule has 1 atom stereocenters. The molecule has 0 bridgehead atoms. The second kappa shape index (κ2) is 4.80. The van der Waals surface area contributed by atoms with E-state index in [1.807, 2.05) is 13.8 Å². The third kappa shape index (κ3) is 2.18. The van der Waals surface area contributed by atoms with Crippen molar-refractivity contribution in [2.75, 3.05) is 13.7 Å². The maximum absolute atomic E-state index is 13.2. The first-order chi connectivity index (χ1) is 7.45. The van der Waals surface area contributed by atoms with E-state index < -0.39 is 11.4 Å². The third-order valence-electron chi connectivity index (χ3n) is 2.89. The van der Waals surface area contributed by atoms with E-state index in [0.29, 0.717) is 11.3 Å². The number of ether oxygens (including phenoxy) is 1. The average molecular weight is 227 g/mol. The van der Waals surface area contributed by atoms with Gasteiger partial charge in [0.05, 0.1) is 7.11 Å². The number of halogens is 1. The van der Waals surface area contributed by atoms with Gasteiger partial charge >= 0.3 is 0 Å². The molecule has 16 heavy (non-hydrogen) atoms. The monoisotopic (exact) mass is 227 g/mol. The highest BCUT2D eigenvalue weighted by molar-refractivity contribution is 5.39. The topological polar surface area (TPSA) is 55.5 Å². The number of hydrogen-bond donors (Lipinski definition) is 2. The Balaban J connectivity index is 3.33. The molecule has 0 saturated heterocycles. The smallest absolute Gasteiger partial charge is 0.125 e. The molecule has 0 aromatic heterocycles. The first-order valence-electron chi connectivity index (χ1n) is 5.22. The van der Waals surface area contributed by atoms with Crippen molar-refractivity contribution >= 4 is 0 Å². The van der Waals surface area contributed by atoms with E-state index in [9.17, 15) is 9.50 Å². The van der Waals surface area contributed by atoms with Gasteiger partial charge in [0.25, 0.3) is 0 Å². The molecule has 0 radical (unpaired) electrons. The summed E-state index contributed by atoms with van der Waals surface area (Å²) in [6.45, 7) is 3.68. The van der Waals surface area contributed by atoms with Gasteiger partial charge < -0.3 is 15.6 Å². The van der Waals surface area contributed by atoms with E-state index in [1.165, 1.54) is 25.3 Å². The van der Waals surface area contributed by atoms with Crippen LogP contribution in [0.2, 0.25) is 0 Å². The summed E-state index contributed by atoms with van der Waals surface area (Å²) in [6.07, 6.45) is 0. The van der Waals surface area contributed by atoms with Crippen molar-refractivity contribution in [3.8, 4) is 5.75 Å². The fraction of sp³-hybridized carbons (Fsp3) is 0.500. The minimum atomic E-state index is -1.27. The second-order valence-corrected chi connectivity index (χ2v) is 4.13. The molecule has 0 amide bonds. The molecular weight excluding hydrogens is 209 g/mol. The van der Waals surface area contributed by atoms with Crippen LogP contribution < -0.4 is 10.5 Å². The highest BCUT2D eigenvalue weighted by Gasteiger charge is 2.34. The van der Waals surface area contributed by atoms with Crippen LogP contribution in [-0.4, -0.2) is 18.8 Å². The molecular formula is C12H18FNO2. The molecule has 0 saturated carbocycles. The Morgan fingerprint density at radius 1 is 1.50 bits per heavy atom. The lowest BCUT2D eigenvalue weighted by Gasteiger charge is -2.32. The average Bonchev–Trinajstić information content (AvgIpc) is 2.27. The number of methoxy groups -OCH3 is 1. The molecule has 0 aliphatic carbocycles.